The lowest BCUT2D eigenvalue weighted by Gasteiger charge is -2.11. The van der Waals surface area contributed by atoms with Crippen LogP contribution in [0.5, 0.6) is 0 Å². The lowest BCUT2D eigenvalue weighted by molar-refractivity contribution is -0.115. The molecule has 0 saturated heterocycles. The minimum Gasteiger partial charge on any atom is -0.342 e. The average Bonchev–Trinajstić information content (AvgIpc) is 2.94. The van der Waals surface area contributed by atoms with E-state index in [1.807, 2.05) is 12.1 Å². The normalized spacial score (nSPS) is 14.5. The van der Waals surface area contributed by atoms with Crippen LogP contribution in [0.15, 0.2) is 30.3 Å². The Balaban J connectivity index is 1.55. The number of likely N-dealkylation sites (N-methyl/N-ethyl adjacent to an activating group) is 1. The molecule has 25 heavy (non-hydrogen) atoms. The van der Waals surface area contributed by atoms with Crippen molar-refractivity contribution in [1.82, 2.24) is 10.2 Å². The first-order valence-corrected chi connectivity index (χ1v) is 10.0. The Morgan fingerprint density at radius 2 is 1.92 bits per heavy atom. The number of nitrogens with one attached hydrogen (secondary N) is 2. The quantitative estimate of drug-likeness (QED) is 0.678. The van der Waals surface area contributed by atoms with E-state index in [1.54, 1.807) is 6.07 Å². The summed E-state index contributed by atoms with van der Waals surface area (Å²) in [5.41, 5.74) is 3.43. The lowest BCUT2D eigenvalue weighted by Crippen LogP contribution is -2.32. The van der Waals surface area contributed by atoms with E-state index in [9.17, 15) is 9.59 Å². The van der Waals surface area contributed by atoms with Gasteiger partial charge in [0.2, 0.25) is 5.91 Å². The highest BCUT2D eigenvalue weighted by Crippen LogP contribution is 2.20. The van der Waals surface area contributed by atoms with Gasteiger partial charge in [0.1, 0.15) is 0 Å². The van der Waals surface area contributed by atoms with Gasteiger partial charge in [0.15, 0.2) is 0 Å². The Hall–Kier alpha value is -1.45. The minimum atomic E-state index is -0.217. The van der Waals surface area contributed by atoms with Gasteiger partial charge in [-0.1, -0.05) is 6.07 Å². The van der Waals surface area contributed by atoms with Crippen molar-refractivity contribution in [2.45, 2.75) is 12.8 Å². The minimum absolute atomic E-state index is 0.0346. The van der Waals surface area contributed by atoms with Gasteiger partial charge in [-0.05, 0) is 77.9 Å². The highest BCUT2D eigenvalue weighted by Gasteiger charge is 2.13. The second-order valence-electron chi connectivity index (χ2n) is 6.12. The third-order valence-corrected chi connectivity index (χ3v) is 6.11. The summed E-state index contributed by atoms with van der Waals surface area (Å²) in [5.74, 6) is -0.432. The first-order chi connectivity index (χ1) is 12.0. The number of amides is 2. The van der Waals surface area contributed by atoms with Gasteiger partial charge in [-0.15, -0.1) is 11.3 Å². The number of rotatable bonds is 4. The SMILES string of the molecule is CN1CCc2ccc(NC(=O)CNC(=O)c3ccc(I)s3)cc2CC1. The molecule has 2 aromatic rings. The number of carbonyl (C=O) groups excluding carboxylic acids is 2. The number of benzene rings is 1. The van der Waals surface area contributed by atoms with Crippen molar-refractivity contribution in [3.8, 4) is 0 Å². The van der Waals surface area contributed by atoms with Crippen LogP contribution in [-0.2, 0) is 17.6 Å². The van der Waals surface area contributed by atoms with Crippen LogP contribution in [0.1, 0.15) is 20.8 Å². The molecule has 2 amide bonds. The molecule has 0 unspecified atom stereocenters. The molecule has 5 nitrogen and oxygen atoms in total. The average molecular weight is 469 g/mol. The molecule has 0 saturated carbocycles. The maximum Gasteiger partial charge on any atom is 0.261 e. The molecule has 0 radical (unpaired) electrons. The molecule has 3 rings (SSSR count). The zero-order valence-electron chi connectivity index (χ0n) is 14.0. The summed E-state index contributed by atoms with van der Waals surface area (Å²) < 4.78 is 1.04. The second kappa shape index (κ2) is 8.29. The van der Waals surface area contributed by atoms with Gasteiger partial charge in [0.05, 0.1) is 14.3 Å². The van der Waals surface area contributed by atoms with Crippen molar-refractivity contribution < 1.29 is 9.59 Å². The third-order valence-electron chi connectivity index (χ3n) is 4.22. The predicted molar refractivity (Wildman–Crippen MR) is 109 cm³/mol. The van der Waals surface area contributed by atoms with Gasteiger partial charge in [-0.25, -0.2) is 0 Å². The van der Waals surface area contributed by atoms with Crippen LogP contribution in [0.3, 0.4) is 0 Å². The van der Waals surface area contributed by atoms with Crippen LogP contribution in [0.4, 0.5) is 5.69 Å². The van der Waals surface area contributed by atoms with E-state index in [4.69, 9.17) is 0 Å². The fourth-order valence-corrected chi connectivity index (χ4v) is 4.34. The second-order valence-corrected chi connectivity index (χ2v) is 9.10. The molecule has 0 atom stereocenters. The smallest absolute Gasteiger partial charge is 0.261 e. The van der Waals surface area contributed by atoms with E-state index in [2.05, 4.69) is 57.3 Å². The fourth-order valence-electron chi connectivity index (χ4n) is 2.80. The van der Waals surface area contributed by atoms with Crippen molar-refractivity contribution in [2.75, 3.05) is 32.0 Å². The maximum absolute atomic E-state index is 12.1. The Morgan fingerprint density at radius 3 is 2.64 bits per heavy atom. The Morgan fingerprint density at radius 1 is 1.16 bits per heavy atom. The fraction of sp³-hybridized carbons (Fsp3) is 0.333. The van der Waals surface area contributed by atoms with Crippen molar-refractivity contribution in [2.24, 2.45) is 0 Å². The number of hydrogen-bond donors (Lipinski definition) is 2. The summed E-state index contributed by atoms with van der Waals surface area (Å²) in [5, 5.41) is 5.53. The van der Waals surface area contributed by atoms with Crippen molar-refractivity contribution in [1.29, 1.82) is 0 Å². The number of nitrogens with zero attached hydrogens (tertiary/aromatic N) is 1. The molecule has 2 N–H and O–H groups in total. The number of anilines is 1. The van der Waals surface area contributed by atoms with Crippen LogP contribution in [0.2, 0.25) is 0 Å². The monoisotopic (exact) mass is 469 g/mol. The molecular formula is C18H20IN3O2S. The summed E-state index contributed by atoms with van der Waals surface area (Å²) in [6, 6.07) is 9.73. The predicted octanol–water partition coefficient (Wildman–Crippen LogP) is 2.75. The molecule has 1 aromatic carbocycles. The van der Waals surface area contributed by atoms with Gasteiger partial charge < -0.3 is 15.5 Å². The van der Waals surface area contributed by atoms with Gasteiger partial charge in [-0.3, -0.25) is 9.59 Å². The molecule has 0 spiro atoms. The number of fused-ring (bicyclic) bond motifs is 1. The first kappa shape index (κ1) is 18.3. The van der Waals surface area contributed by atoms with Gasteiger partial charge in [0, 0.05) is 18.8 Å². The van der Waals surface area contributed by atoms with Crippen LogP contribution < -0.4 is 10.6 Å². The van der Waals surface area contributed by atoms with E-state index >= 15 is 0 Å². The lowest BCUT2D eigenvalue weighted by atomic mass is 10.0. The van der Waals surface area contributed by atoms with Crippen molar-refractivity contribution >= 4 is 51.4 Å². The largest absolute Gasteiger partial charge is 0.342 e. The maximum atomic E-state index is 12.1. The van der Waals surface area contributed by atoms with E-state index in [-0.39, 0.29) is 18.4 Å². The Bertz CT molecular complexity index is 790. The van der Waals surface area contributed by atoms with E-state index in [1.165, 1.54) is 22.5 Å². The first-order valence-electron chi connectivity index (χ1n) is 8.15. The number of hydrogen-bond acceptors (Lipinski definition) is 4. The molecule has 0 aliphatic carbocycles. The van der Waals surface area contributed by atoms with E-state index in [0.717, 1.165) is 34.5 Å². The molecule has 7 heteroatoms. The zero-order valence-corrected chi connectivity index (χ0v) is 16.9. The molecule has 1 aliphatic heterocycles. The summed E-state index contributed by atoms with van der Waals surface area (Å²) in [7, 11) is 2.13. The Labute approximate surface area is 164 Å². The van der Waals surface area contributed by atoms with Crippen LogP contribution >= 0.6 is 33.9 Å². The third kappa shape index (κ3) is 5.02. The zero-order chi connectivity index (χ0) is 17.8. The summed E-state index contributed by atoms with van der Waals surface area (Å²) >= 11 is 3.58. The molecule has 0 fully saturated rings. The molecule has 132 valence electrons. The summed E-state index contributed by atoms with van der Waals surface area (Å²) in [6.45, 7) is 2.06. The topological polar surface area (TPSA) is 61.4 Å². The summed E-state index contributed by atoms with van der Waals surface area (Å²) in [6.07, 6.45) is 2.03. The number of carbonyl (C=O) groups is 2. The van der Waals surface area contributed by atoms with Gasteiger partial charge in [0.25, 0.3) is 5.91 Å². The number of thiophene rings is 1. The number of halogens is 1. The van der Waals surface area contributed by atoms with Crippen molar-refractivity contribution in [3.05, 3.63) is 49.2 Å². The standard InChI is InChI=1S/C18H20IN3O2S/c1-22-8-6-12-2-3-14(10-13(12)7-9-22)21-17(23)11-20-18(24)15-4-5-16(19)25-15/h2-5,10H,6-9,11H2,1H3,(H,20,24)(H,21,23). The van der Waals surface area contributed by atoms with E-state index in [0.29, 0.717) is 4.88 Å². The van der Waals surface area contributed by atoms with Crippen LogP contribution in [-0.4, -0.2) is 43.4 Å². The molecule has 1 aliphatic rings. The summed E-state index contributed by atoms with van der Waals surface area (Å²) in [4.78, 5) is 27.0. The molecule has 2 heterocycles. The highest BCUT2D eigenvalue weighted by molar-refractivity contribution is 14.1. The van der Waals surface area contributed by atoms with E-state index < -0.39 is 0 Å². The van der Waals surface area contributed by atoms with Gasteiger partial charge >= 0.3 is 0 Å². The highest BCUT2D eigenvalue weighted by atomic mass is 127. The van der Waals surface area contributed by atoms with Crippen LogP contribution in [0, 0.1) is 2.88 Å². The molecule has 1 aromatic heterocycles. The molecular weight excluding hydrogens is 449 g/mol. The van der Waals surface area contributed by atoms with Crippen LogP contribution in [0.25, 0.3) is 0 Å². The van der Waals surface area contributed by atoms with Crippen molar-refractivity contribution in [3.63, 3.8) is 0 Å². The Kier molecular flexibility index (Phi) is 6.08. The molecule has 0 bridgehead atoms. The van der Waals surface area contributed by atoms with Gasteiger partial charge in [-0.2, -0.15) is 0 Å².